The van der Waals surface area contributed by atoms with Crippen LogP contribution in [-0.4, -0.2) is 55.8 Å². The predicted molar refractivity (Wildman–Crippen MR) is 171 cm³/mol. The van der Waals surface area contributed by atoms with E-state index in [9.17, 15) is 22.8 Å². The molecule has 45 heavy (non-hydrogen) atoms. The van der Waals surface area contributed by atoms with E-state index < -0.39 is 27.9 Å². The molecule has 11 heteroatoms. The third kappa shape index (κ3) is 6.21. The summed E-state index contributed by atoms with van der Waals surface area (Å²) in [4.78, 5) is 39.5. The fourth-order valence-electron chi connectivity index (χ4n) is 4.95. The Balaban J connectivity index is 1.43. The number of hydrogen-bond acceptors (Lipinski definition) is 7. The molecule has 0 aliphatic rings. The summed E-state index contributed by atoms with van der Waals surface area (Å²) in [7, 11) is -0.809. The topological polar surface area (TPSA) is 124 Å². The van der Waals surface area contributed by atoms with Gasteiger partial charge in [0, 0.05) is 36.4 Å². The number of anilines is 1. The molecule has 4 aromatic carbocycles. The number of aromatic nitrogens is 1. The molecule has 1 heterocycles. The lowest BCUT2D eigenvalue weighted by Crippen LogP contribution is -2.22. The lowest BCUT2D eigenvalue weighted by atomic mass is 10.1. The van der Waals surface area contributed by atoms with Crippen molar-refractivity contribution in [3.8, 4) is 11.4 Å². The van der Waals surface area contributed by atoms with Gasteiger partial charge in [-0.2, -0.15) is 0 Å². The van der Waals surface area contributed by atoms with E-state index in [1.54, 1.807) is 43.3 Å². The second-order valence-electron chi connectivity index (χ2n) is 10.2. The molecule has 0 aliphatic heterocycles. The van der Waals surface area contributed by atoms with Crippen molar-refractivity contribution in [3.63, 3.8) is 0 Å². The Morgan fingerprint density at radius 1 is 0.844 bits per heavy atom. The van der Waals surface area contributed by atoms with Gasteiger partial charge in [-0.05, 0) is 80.6 Å². The smallest absolute Gasteiger partial charge is 0.345 e. The molecule has 0 spiro atoms. The van der Waals surface area contributed by atoms with Gasteiger partial charge >= 0.3 is 11.9 Å². The molecule has 0 unspecified atom stereocenters. The fourth-order valence-corrected chi connectivity index (χ4v) is 5.85. The van der Waals surface area contributed by atoms with E-state index in [1.807, 2.05) is 41.8 Å². The number of nitrogens with one attached hydrogen (secondary N) is 1. The zero-order chi connectivity index (χ0) is 32.3. The van der Waals surface area contributed by atoms with Crippen LogP contribution in [0.2, 0.25) is 0 Å². The van der Waals surface area contributed by atoms with Gasteiger partial charge in [0.2, 0.25) is 10.0 Å². The van der Waals surface area contributed by atoms with Crippen molar-refractivity contribution >= 4 is 44.5 Å². The minimum Gasteiger partial charge on any atom is -0.462 e. The molecule has 0 radical (unpaired) electrons. The first-order chi connectivity index (χ1) is 21.5. The van der Waals surface area contributed by atoms with Gasteiger partial charge in [0.15, 0.2) is 0 Å². The number of amides is 1. The number of para-hydroxylation sites is 2. The lowest BCUT2D eigenvalue weighted by Gasteiger charge is -2.13. The SMILES string of the molecule is CCOC(=O)c1c(C)n(-c2ccccc2)c2ccc(OC(=O)c3ccccc3NC(=O)c3ccc(S(=O)(=O)N(C)C)cc3)cc12. The van der Waals surface area contributed by atoms with Crippen LogP contribution in [0.3, 0.4) is 0 Å². The van der Waals surface area contributed by atoms with Crippen LogP contribution >= 0.6 is 0 Å². The molecule has 0 saturated heterocycles. The number of carbonyl (C=O) groups excluding carboxylic acids is 3. The Morgan fingerprint density at radius 2 is 1.51 bits per heavy atom. The fraction of sp³-hybridized carbons (Fsp3) is 0.147. The van der Waals surface area contributed by atoms with Gasteiger partial charge in [-0.25, -0.2) is 22.3 Å². The van der Waals surface area contributed by atoms with Crippen molar-refractivity contribution in [2.75, 3.05) is 26.0 Å². The van der Waals surface area contributed by atoms with E-state index in [0.717, 1.165) is 15.5 Å². The highest BCUT2D eigenvalue weighted by Crippen LogP contribution is 2.33. The first-order valence-corrected chi connectivity index (χ1v) is 15.5. The quantitative estimate of drug-likeness (QED) is 0.161. The third-order valence-corrected chi connectivity index (χ3v) is 9.00. The lowest BCUT2D eigenvalue weighted by molar-refractivity contribution is 0.0527. The Kier molecular flexibility index (Phi) is 8.84. The number of sulfonamides is 1. The maximum Gasteiger partial charge on any atom is 0.345 e. The molecular weight excluding hydrogens is 594 g/mol. The molecule has 0 aliphatic carbocycles. The summed E-state index contributed by atoms with van der Waals surface area (Å²) in [5.41, 5.74) is 3.14. The van der Waals surface area contributed by atoms with Crippen LogP contribution in [0.15, 0.2) is 102 Å². The van der Waals surface area contributed by atoms with Crippen LogP contribution < -0.4 is 10.1 Å². The van der Waals surface area contributed by atoms with E-state index >= 15 is 0 Å². The summed E-state index contributed by atoms with van der Waals surface area (Å²) < 4.78 is 38.8. The summed E-state index contributed by atoms with van der Waals surface area (Å²) in [5, 5.41) is 3.26. The van der Waals surface area contributed by atoms with Crippen LogP contribution in [0.25, 0.3) is 16.6 Å². The van der Waals surface area contributed by atoms with Crippen LogP contribution in [0.1, 0.15) is 43.7 Å². The molecule has 0 bridgehead atoms. The first kappa shape index (κ1) is 31.2. The number of rotatable bonds is 9. The summed E-state index contributed by atoms with van der Waals surface area (Å²) in [5.74, 6) is -1.56. The number of esters is 2. The second kappa shape index (κ2) is 12.8. The van der Waals surface area contributed by atoms with E-state index in [0.29, 0.717) is 16.6 Å². The van der Waals surface area contributed by atoms with Crippen molar-refractivity contribution in [3.05, 3.63) is 119 Å². The maximum absolute atomic E-state index is 13.4. The van der Waals surface area contributed by atoms with Gasteiger partial charge in [0.1, 0.15) is 5.75 Å². The predicted octanol–water partition coefficient (Wildman–Crippen LogP) is 5.84. The average Bonchev–Trinajstić information content (AvgIpc) is 3.32. The summed E-state index contributed by atoms with van der Waals surface area (Å²) in [6.07, 6.45) is 0. The van der Waals surface area contributed by atoms with Crippen molar-refractivity contribution in [2.24, 2.45) is 0 Å². The molecule has 1 N–H and O–H groups in total. The number of ether oxygens (including phenoxy) is 2. The Labute approximate surface area is 260 Å². The largest absolute Gasteiger partial charge is 0.462 e. The molecule has 5 rings (SSSR count). The van der Waals surface area contributed by atoms with Gasteiger partial charge in [0.25, 0.3) is 5.91 Å². The molecular formula is C34H31N3O7S. The number of carbonyl (C=O) groups is 3. The van der Waals surface area contributed by atoms with Crippen molar-refractivity contribution < 1.29 is 32.3 Å². The van der Waals surface area contributed by atoms with Crippen LogP contribution in [-0.2, 0) is 14.8 Å². The highest BCUT2D eigenvalue weighted by molar-refractivity contribution is 7.89. The first-order valence-electron chi connectivity index (χ1n) is 14.1. The van der Waals surface area contributed by atoms with Gasteiger partial charge in [-0.1, -0.05) is 30.3 Å². The Morgan fingerprint density at radius 3 is 2.18 bits per heavy atom. The molecule has 230 valence electrons. The van der Waals surface area contributed by atoms with E-state index in [-0.39, 0.29) is 34.1 Å². The van der Waals surface area contributed by atoms with Gasteiger partial charge in [-0.3, -0.25) is 4.79 Å². The normalized spacial score (nSPS) is 11.4. The Bertz CT molecular complexity index is 2020. The Hall–Kier alpha value is -5.26. The van der Waals surface area contributed by atoms with Crippen molar-refractivity contribution in [2.45, 2.75) is 18.7 Å². The number of fused-ring (bicyclic) bond motifs is 1. The monoisotopic (exact) mass is 625 g/mol. The highest BCUT2D eigenvalue weighted by atomic mass is 32.2. The number of hydrogen-bond donors (Lipinski definition) is 1. The van der Waals surface area contributed by atoms with Crippen molar-refractivity contribution in [1.29, 1.82) is 0 Å². The third-order valence-electron chi connectivity index (χ3n) is 7.17. The molecule has 1 amide bonds. The maximum atomic E-state index is 13.4. The minimum atomic E-state index is -3.65. The summed E-state index contributed by atoms with van der Waals surface area (Å²) in [6, 6.07) is 26.5. The molecule has 0 saturated carbocycles. The van der Waals surface area contributed by atoms with Gasteiger partial charge < -0.3 is 19.4 Å². The van der Waals surface area contributed by atoms with Gasteiger partial charge in [-0.15, -0.1) is 0 Å². The number of benzene rings is 4. The van der Waals surface area contributed by atoms with Crippen LogP contribution in [0.4, 0.5) is 5.69 Å². The summed E-state index contributed by atoms with van der Waals surface area (Å²) in [6.45, 7) is 3.77. The summed E-state index contributed by atoms with van der Waals surface area (Å²) >= 11 is 0. The van der Waals surface area contributed by atoms with E-state index in [1.165, 1.54) is 44.4 Å². The van der Waals surface area contributed by atoms with E-state index in [2.05, 4.69) is 5.32 Å². The number of nitrogens with zero attached hydrogens (tertiary/aromatic N) is 2. The zero-order valence-electron chi connectivity index (χ0n) is 25.1. The zero-order valence-corrected chi connectivity index (χ0v) is 25.9. The average molecular weight is 626 g/mol. The van der Waals surface area contributed by atoms with E-state index in [4.69, 9.17) is 9.47 Å². The standard InChI is InChI=1S/C34H31N3O7S/c1-5-43-34(40)31-22(2)37(24-11-7-6-8-12-24)30-20-17-25(21-28(30)31)44-33(39)27-13-9-10-14-29(27)35-32(38)23-15-18-26(19-16-23)45(41,42)36(3)4/h6-21H,5H2,1-4H3,(H,35,38). The second-order valence-corrected chi connectivity index (χ2v) is 12.4. The molecule has 1 aromatic heterocycles. The molecule has 0 fully saturated rings. The minimum absolute atomic E-state index is 0.0467. The van der Waals surface area contributed by atoms with Gasteiger partial charge in [0.05, 0.1) is 33.8 Å². The van der Waals surface area contributed by atoms with Crippen molar-refractivity contribution in [1.82, 2.24) is 8.87 Å². The van der Waals surface area contributed by atoms with Crippen LogP contribution in [0, 0.1) is 6.92 Å². The molecule has 10 nitrogen and oxygen atoms in total. The molecule has 5 aromatic rings. The van der Waals surface area contributed by atoms with Crippen LogP contribution in [0.5, 0.6) is 5.75 Å². The molecule has 0 atom stereocenters. The highest BCUT2D eigenvalue weighted by Gasteiger charge is 2.24.